The van der Waals surface area contributed by atoms with Crippen molar-refractivity contribution in [1.29, 1.82) is 0 Å². The molecule has 0 saturated heterocycles. The van der Waals surface area contributed by atoms with Crippen molar-refractivity contribution in [3.63, 3.8) is 0 Å². The van der Waals surface area contributed by atoms with E-state index in [0.29, 0.717) is 5.56 Å². The molecule has 0 unspecified atom stereocenters. The van der Waals surface area contributed by atoms with Gasteiger partial charge in [-0.1, -0.05) is 30.3 Å². The smallest absolute Gasteiger partial charge is 0.122 e. The minimum atomic E-state index is -0.717. The van der Waals surface area contributed by atoms with Gasteiger partial charge < -0.3 is 5.11 Å². The van der Waals surface area contributed by atoms with Crippen LogP contribution in [0.25, 0.3) is 10.8 Å². The number of rotatable bonds is 2. The Morgan fingerprint density at radius 3 is 2.50 bits per heavy atom. The first kappa shape index (κ1) is 10.9. The van der Waals surface area contributed by atoms with Crippen molar-refractivity contribution in [3.05, 3.63) is 42.0 Å². The molecular formula is C13H15NO2. The first-order valence-electron chi connectivity index (χ1n) is 5.15. The van der Waals surface area contributed by atoms with E-state index in [2.05, 4.69) is 0 Å². The van der Waals surface area contributed by atoms with Crippen LogP contribution in [0, 0.1) is 0 Å². The maximum absolute atomic E-state index is 9.94. The van der Waals surface area contributed by atoms with Crippen molar-refractivity contribution < 1.29 is 9.94 Å². The zero-order chi connectivity index (χ0) is 11.8. The lowest BCUT2D eigenvalue weighted by molar-refractivity contribution is -0.0239. The van der Waals surface area contributed by atoms with Gasteiger partial charge in [-0.25, -0.2) is 5.90 Å². The number of hydrogen-bond acceptors (Lipinski definition) is 3. The summed E-state index contributed by atoms with van der Waals surface area (Å²) < 4.78 is 0. The average Bonchev–Trinajstić information content (AvgIpc) is 2.28. The predicted octanol–water partition coefficient (Wildman–Crippen LogP) is 2.67. The Hall–Kier alpha value is -1.58. The number of phenols is 1. The fourth-order valence-corrected chi connectivity index (χ4v) is 1.95. The Balaban J connectivity index is 2.81. The summed E-state index contributed by atoms with van der Waals surface area (Å²) >= 11 is 0. The van der Waals surface area contributed by atoms with Gasteiger partial charge in [-0.2, -0.15) is 0 Å². The van der Waals surface area contributed by atoms with Crippen molar-refractivity contribution >= 4 is 10.8 Å². The minimum Gasteiger partial charge on any atom is -0.508 e. The molecule has 0 aromatic heterocycles. The summed E-state index contributed by atoms with van der Waals surface area (Å²) in [6.07, 6.45) is 0. The molecule has 0 saturated carbocycles. The third kappa shape index (κ3) is 1.64. The predicted molar refractivity (Wildman–Crippen MR) is 63.9 cm³/mol. The van der Waals surface area contributed by atoms with E-state index in [0.717, 1.165) is 10.8 Å². The van der Waals surface area contributed by atoms with Crippen LogP contribution in [0.1, 0.15) is 19.4 Å². The molecule has 0 bridgehead atoms. The monoisotopic (exact) mass is 217 g/mol. The SMILES string of the molecule is CC(C)(ON)c1c(O)ccc2ccccc12. The van der Waals surface area contributed by atoms with Gasteiger partial charge in [0.1, 0.15) is 11.4 Å². The second-order valence-electron chi connectivity index (χ2n) is 4.31. The molecule has 0 fully saturated rings. The van der Waals surface area contributed by atoms with Crippen LogP contribution in [0.4, 0.5) is 0 Å². The topological polar surface area (TPSA) is 55.5 Å². The van der Waals surface area contributed by atoms with Gasteiger partial charge in [0.15, 0.2) is 0 Å². The summed E-state index contributed by atoms with van der Waals surface area (Å²) in [5.74, 6) is 5.49. The molecular weight excluding hydrogens is 202 g/mol. The van der Waals surface area contributed by atoms with E-state index in [1.54, 1.807) is 6.07 Å². The summed E-state index contributed by atoms with van der Waals surface area (Å²) in [5, 5.41) is 12.0. The molecule has 2 aromatic rings. The summed E-state index contributed by atoms with van der Waals surface area (Å²) in [5.41, 5.74) is -0.00148. The van der Waals surface area contributed by atoms with E-state index in [1.165, 1.54) is 0 Å². The highest BCUT2D eigenvalue weighted by Gasteiger charge is 2.26. The van der Waals surface area contributed by atoms with Crippen molar-refractivity contribution in [2.45, 2.75) is 19.4 Å². The van der Waals surface area contributed by atoms with Crippen LogP contribution < -0.4 is 5.90 Å². The van der Waals surface area contributed by atoms with E-state index in [-0.39, 0.29) is 5.75 Å². The zero-order valence-electron chi connectivity index (χ0n) is 9.40. The lowest BCUT2D eigenvalue weighted by Gasteiger charge is -2.25. The molecule has 0 aliphatic rings. The van der Waals surface area contributed by atoms with Crippen LogP contribution in [0.5, 0.6) is 5.75 Å². The average molecular weight is 217 g/mol. The molecule has 2 aromatic carbocycles. The van der Waals surface area contributed by atoms with Crippen LogP contribution in [-0.4, -0.2) is 5.11 Å². The van der Waals surface area contributed by atoms with Crippen molar-refractivity contribution in [3.8, 4) is 5.75 Å². The third-order valence-corrected chi connectivity index (χ3v) is 2.80. The Bertz CT molecular complexity index is 520. The normalized spacial score (nSPS) is 11.9. The quantitative estimate of drug-likeness (QED) is 0.760. The Labute approximate surface area is 94.4 Å². The summed E-state index contributed by atoms with van der Waals surface area (Å²) in [4.78, 5) is 4.95. The largest absolute Gasteiger partial charge is 0.508 e. The number of aromatic hydroxyl groups is 1. The van der Waals surface area contributed by atoms with E-state index < -0.39 is 5.60 Å². The summed E-state index contributed by atoms with van der Waals surface area (Å²) in [6.45, 7) is 3.66. The maximum atomic E-state index is 9.94. The van der Waals surface area contributed by atoms with Crippen molar-refractivity contribution in [2.24, 2.45) is 5.90 Å². The second kappa shape index (κ2) is 3.77. The fourth-order valence-electron chi connectivity index (χ4n) is 1.95. The number of hydrogen-bond donors (Lipinski definition) is 2. The number of benzene rings is 2. The molecule has 84 valence electrons. The minimum absolute atomic E-state index is 0.203. The molecule has 3 N–H and O–H groups in total. The molecule has 3 nitrogen and oxygen atoms in total. The van der Waals surface area contributed by atoms with Gasteiger partial charge in [-0.15, -0.1) is 0 Å². The fraction of sp³-hybridized carbons (Fsp3) is 0.231. The van der Waals surface area contributed by atoms with Crippen molar-refractivity contribution in [1.82, 2.24) is 0 Å². The highest BCUT2D eigenvalue weighted by atomic mass is 16.6. The Kier molecular flexibility index (Phi) is 2.58. The molecule has 16 heavy (non-hydrogen) atoms. The third-order valence-electron chi connectivity index (χ3n) is 2.80. The molecule has 0 amide bonds. The van der Waals surface area contributed by atoms with Crippen LogP contribution >= 0.6 is 0 Å². The van der Waals surface area contributed by atoms with Gasteiger partial charge >= 0.3 is 0 Å². The van der Waals surface area contributed by atoms with Crippen molar-refractivity contribution in [2.75, 3.05) is 0 Å². The number of nitrogens with two attached hydrogens (primary N) is 1. The van der Waals surface area contributed by atoms with E-state index in [1.807, 2.05) is 44.2 Å². The highest BCUT2D eigenvalue weighted by Crippen LogP contribution is 2.36. The standard InChI is InChI=1S/C13H15NO2/c1-13(2,16-14)12-10-6-4-3-5-9(10)7-8-11(12)15/h3-8,15H,14H2,1-2H3. The van der Waals surface area contributed by atoms with Gasteiger partial charge in [0.25, 0.3) is 0 Å². The second-order valence-corrected chi connectivity index (χ2v) is 4.31. The lowest BCUT2D eigenvalue weighted by Crippen LogP contribution is -2.25. The molecule has 0 radical (unpaired) electrons. The van der Waals surface area contributed by atoms with Gasteiger partial charge in [0.05, 0.1) is 0 Å². The van der Waals surface area contributed by atoms with Gasteiger partial charge in [0.2, 0.25) is 0 Å². The summed E-state index contributed by atoms with van der Waals surface area (Å²) in [7, 11) is 0. The first-order chi connectivity index (χ1) is 7.56. The molecule has 0 aliphatic carbocycles. The number of phenolic OH excluding ortho intramolecular Hbond substituents is 1. The van der Waals surface area contributed by atoms with E-state index >= 15 is 0 Å². The van der Waals surface area contributed by atoms with Crippen LogP contribution in [0.15, 0.2) is 36.4 Å². The lowest BCUT2D eigenvalue weighted by atomic mass is 9.91. The van der Waals surface area contributed by atoms with E-state index in [4.69, 9.17) is 10.7 Å². The highest BCUT2D eigenvalue weighted by molar-refractivity contribution is 5.88. The van der Waals surface area contributed by atoms with Gasteiger partial charge in [-0.05, 0) is 30.7 Å². The number of fused-ring (bicyclic) bond motifs is 1. The van der Waals surface area contributed by atoms with Crippen LogP contribution in [0.2, 0.25) is 0 Å². The maximum Gasteiger partial charge on any atom is 0.122 e. The molecule has 3 heteroatoms. The Morgan fingerprint density at radius 1 is 1.12 bits per heavy atom. The molecule has 2 rings (SSSR count). The Morgan fingerprint density at radius 2 is 1.81 bits per heavy atom. The van der Waals surface area contributed by atoms with Gasteiger partial charge in [0, 0.05) is 5.56 Å². The molecule has 0 heterocycles. The zero-order valence-corrected chi connectivity index (χ0v) is 9.40. The molecule has 0 aliphatic heterocycles. The first-order valence-corrected chi connectivity index (χ1v) is 5.15. The van der Waals surface area contributed by atoms with Crippen LogP contribution in [-0.2, 0) is 10.4 Å². The summed E-state index contributed by atoms with van der Waals surface area (Å²) in [6, 6.07) is 11.4. The van der Waals surface area contributed by atoms with E-state index in [9.17, 15) is 5.11 Å². The van der Waals surface area contributed by atoms with Crippen LogP contribution in [0.3, 0.4) is 0 Å². The molecule has 0 spiro atoms. The molecule has 0 atom stereocenters. The van der Waals surface area contributed by atoms with Gasteiger partial charge in [-0.3, -0.25) is 4.84 Å².